The van der Waals surface area contributed by atoms with Gasteiger partial charge >= 0.3 is 0 Å². The summed E-state index contributed by atoms with van der Waals surface area (Å²) in [5.74, 6) is -0.0374. The standard InChI is InChI=1S/C8H17N3O/c1-3-4-5-8(12)11-10-7(2)6-9/h3-6,9H2,1-2H3,(H,11,12)/b10-7+. The third-order valence-electron chi connectivity index (χ3n) is 1.42. The molecule has 0 fully saturated rings. The second kappa shape index (κ2) is 6.79. The van der Waals surface area contributed by atoms with Gasteiger partial charge in [-0.3, -0.25) is 4.79 Å². The highest BCUT2D eigenvalue weighted by Gasteiger charge is 1.97. The van der Waals surface area contributed by atoms with E-state index in [1.165, 1.54) is 0 Å². The lowest BCUT2D eigenvalue weighted by Crippen LogP contribution is -2.21. The first-order valence-electron chi connectivity index (χ1n) is 4.22. The second-order valence-corrected chi connectivity index (χ2v) is 2.69. The molecule has 0 aromatic heterocycles. The minimum absolute atomic E-state index is 0.0374. The molecule has 0 bridgehead atoms. The minimum atomic E-state index is -0.0374. The first-order chi connectivity index (χ1) is 5.70. The van der Waals surface area contributed by atoms with Crippen molar-refractivity contribution >= 4 is 11.6 Å². The largest absolute Gasteiger partial charge is 0.325 e. The maximum atomic E-state index is 11.0. The summed E-state index contributed by atoms with van der Waals surface area (Å²) in [7, 11) is 0. The van der Waals surface area contributed by atoms with Crippen molar-refractivity contribution in [2.75, 3.05) is 6.54 Å². The summed E-state index contributed by atoms with van der Waals surface area (Å²) >= 11 is 0. The highest BCUT2D eigenvalue weighted by molar-refractivity contribution is 5.85. The first-order valence-corrected chi connectivity index (χ1v) is 4.22. The Balaban J connectivity index is 3.56. The van der Waals surface area contributed by atoms with Gasteiger partial charge in [-0.1, -0.05) is 13.3 Å². The molecule has 12 heavy (non-hydrogen) atoms. The minimum Gasteiger partial charge on any atom is -0.325 e. The van der Waals surface area contributed by atoms with E-state index < -0.39 is 0 Å². The Bertz CT molecular complexity index is 166. The Morgan fingerprint density at radius 3 is 2.75 bits per heavy atom. The molecule has 0 aliphatic heterocycles. The third-order valence-corrected chi connectivity index (χ3v) is 1.42. The summed E-state index contributed by atoms with van der Waals surface area (Å²) in [6.45, 7) is 4.20. The summed E-state index contributed by atoms with van der Waals surface area (Å²) in [6.07, 6.45) is 2.47. The molecule has 1 amide bonds. The van der Waals surface area contributed by atoms with Gasteiger partial charge in [0.25, 0.3) is 0 Å². The normalized spacial score (nSPS) is 11.4. The predicted octanol–water partition coefficient (Wildman–Crippen LogP) is 0.627. The van der Waals surface area contributed by atoms with Gasteiger partial charge in [0.1, 0.15) is 0 Å². The van der Waals surface area contributed by atoms with E-state index in [0.717, 1.165) is 18.6 Å². The zero-order chi connectivity index (χ0) is 9.40. The Morgan fingerprint density at radius 2 is 2.25 bits per heavy atom. The molecular formula is C8H17N3O. The van der Waals surface area contributed by atoms with Crippen LogP contribution in [0.4, 0.5) is 0 Å². The third kappa shape index (κ3) is 5.85. The van der Waals surface area contributed by atoms with Gasteiger partial charge in [-0.2, -0.15) is 5.10 Å². The molecule has 0 atom stereocenters. The molecule has 0 aliphatic carbocycles. The maximum Gasteiger partial charge on any atom is 0.240 e. The number of nitrogens with two attached hydrogens (primary N) is 1. The lowest BCUT2D eigenvalue weighted by molar-refractivity contribution is -0.121. The van der Waals surface area contributed by atoms with Crippen molar-refractivity contribution in [2.24, 2.45) is 10.8 Å². The lowest BCUT2D eigenvalue weighted by atomic mass is 10.2. The molecule has 4 nitrogen and oxygen atoms in total. The van der Waals surface area contributed by atoms with Gasteiger partial charge < -0.3 is 5.73 Å². The lowest BCUT2D eigenvalue weighted by Gasteiger charge is -1.99. The van der Waals surface area contributed by atoms with E-state index >= 15 is 0 Å². The highest BCUT2D eigenvalue weighted by atomic mass is 16.2. The van der Waals surface area contributed by atoms with Crippen molar-refractivity contribution in [2.45, 2.75) is 33.1 Å². The average molecular weight is 171 g/mol. The zero-order valence-corrected chi connectivity index (χ0v) is 7.76. The fraction of sp³-hybridized carbons (Fsp3) is 0.750. The Labute approximate surface area is 73.2 Å². The van der Waals surface area contributed by atoms with E-state index in [1.54, 1.807) is 6.92 Å². The van der Waals surface area contributed by atoms with Crippen molar-refractivity contribution in [3.63, 3.8) is 0 Å². The Hall–Kier alpha value is -0.900. The molecule has 0 aliphatic rings. The quantitative estimate of drug-likeness (QED) is 0.470. The van der Waals surface area contributed by atoms with Crippen LogP contribution in [0.5, 0.6) is 0 Å². The van der Waals surface area contributed by atoms with Crippen molar-refractivity contribution in [1.82, 2.24) is 5.43 Å². The summed E-state index contributed by atoms with van der Waals surface area (Å²) in [5.41, 5.74) is 8.45. The number of hydrazone groups is 1. The van der Waals surface area contributed by atoms with Crippen LogP contribution < -0.4 is 11.2 Å². The molecule has 0 unspecified atom stereocenters. The van der Waals surface area contributed by atoms with Crippen LogP contribution in [0.1, 0.15) is 33.1 Å². The summed E-state index contributed by atoms with van der Waals surface area (Å²) < 4.78 is 0. The van der Waals surface area contributed by atoms with Crippen LogP contribution in [0, 0.1) is 0 Å². The van der Waals surface area contributed by atoms with Crippen LogP contribution in [0.2, 0.25) is 0 Å². The number of nitrogens with one attached hydrogen (secondary N) is 1. The highest BCUT2D eigenvalue weighted by Crippen LogP contribution is 1.92. The van der Waals surface area contributed by atoms with Gasteiger partial charge in [0, 0.05) is 18.7 Å². The fourth-order valence-corrected chi connectivity index (χ4v) is 0.597. The van der Waals surface area contributed by atoms with Gasteiger partial charge in [-0.15, -0.1) is 0 Å². The molecule has 0 saturated carbocycles. The molecule has 70 valence electrons. The first kappa shape index (κ1) is 11.1. The Kier molecular flexibility index (Phi) is 6.28. The number of rotatable bonds is 5. The van der Waals surface area contributed by atoms with Crippen LogP contribution >= 0.6 is 0 Å². The van der Waals surface area contributed by atoms with Gasteiger partial charge in [0.15, 0.2) is 0 Å². The van der Waals surface area contributed by atoms with E-state index in [-0.39, 0.29) is 5.91 Å². The van der Waals surface area contributed by atoms with Crippen LogP contribution in [0.3, 0.4) is 0 Å². The topological polar surface area (TPSA) is 67.5 Å². The number of carbonyl (C=O) groups is 1. The maximum absolute atomic E-state index is 11.0. The smallest absolute Gasteiger partial charge is 0.240 e. The SMILES string of the molecule is CCCCC(=O)N/N=C(\C)CN. The zero-order valence-electron chi connectivity index (χ0n) is 7.76. The monoisotopic (exact) mass is 171 g/mol. The fourth-order valence-electron chi connectivity index (χ4n) is 0.597. The van der Waals surface area contributed by atoms with Crippen molar-refractivity contribution < 1.29 is 4.79 Å². The van der Waals surface area contributed by atoms with E-state index in [1.807, 2.05) is 6.92 Å². The van der Waals surface area contributed by atoms with Crippen molar-refractivity contribution in [3.05, 3.63) is 0 Å². The molecule has 0 aromatic rings. The van der Waals surface area contributed by atoms with Gasteiger partial charge in [-0.05, 0) is 13.3 Å². The summed E-state index contributed by atoms with van der Waals surface area (Å²) in [6, 6.07) is 0. The molecule has 4 heteroatoms. The van der Waals surface area contributed by atoms with Crippen LogP contribution in [0.25, 0.3) is 0 Å². The summed E-state index contributed by atoms with van der Waals surface area (Å²) in [4.78, 5) is 11.0. The van der Waals surface area contributed by atoms with E-state index in [2.05, 4.69) is 10.5 Å². The molecule has 0 heterocycles. The molecule has 0 spiro atoms. The molecule has 0 rings (SSSR count). The number of amides is 1. The molecule has 0 radical (unpaired) electrons. The number of carbonyl (C=O) groups excluding carboxylic acids is 1. The van der Waals surface area contributed by atoms with Crippen molar-refractivity contribution in [1.29, 1.82) is 0 Å². The van der Waals surface area contributed by atoms with Crippen LogP contribution in [0.15, 0.2) is 5.10 Å². The molecule has 0 aromatic carbocycles. The molecule has 3 N–H and O–H groups in total. The van der Waals surface area contributed by atoms with Gasteiger partial charge in [0.2, 0.25) is 5.91 Å². The average Bonchev–Trinajstić information content (AvgIpc) is 2.10. The number of nitrogens with zero attached hydrogens (tertiary/aromatic N) is 1. The van der Waals surface area contributed by atoms with Crippen LogP contribution in [-0.2, 0) is 4.79 Å². The van der Waals surface area contributed by atoms with E-state index in [4.69, 9.17) is 5.73 Å². The Morgan fingerprint density at radius 1 is 1.58 bits per heavy atom. The van der Waals surface area contributed by atoms with Crippen LogP contribution in [-0.4, -0.2) is 18.2 Å². The number of hydrogen-bond donors (Lipinski definition) is 2. The van der Waals surface area contributed by atoms with Crippen molar-refractivity contribution in [3.8, 4) is 0 Å². The second-order valence-electron chi connectivity index (χ2n) is 2.69. The number of unbranched alkanes of at least 4 members (excludes halogenated alkanes) is 1. The predicted molar refractivity (Wildman–Crippen MR) is 49.8 cm³/mol. The van der Waals surface area contributed by atoms with Gasteiger partial charge in [-0.25, -0.2) is 5.43 Å². The molecule has 0 saturated heterocycles. The van der Waals surface area contributed by atoms with Gasteiger partial charge in [0.05, 0.1) is 0 Å². The van der Waals surface area contributed by atoms with E-state index in [9.17, 15) is 4.79 Å². The molecular weight excluding hydrogens is 154 g/mol. The van der Waals surface area contributed by atoms with E-state index in [0.29, 0.717) is 13.0 Å². The number of hydrogen-bond acceptors (Lipinski definition) is 3. The summed E-state index contributed by atoms with van der Waals surface area (Å²) in [5, 5.41) is 3.79.